The minimum absolute atomic E-state index is 0. The fourth-order valence-electron chi connectivity index (χ4n) is 2.80. The van der Waals surface area contributed by atoms with Gasteiger partial charge in [-0.15, -0.1) is 12.4 Å². The molecule has 0 aromatic heterocycles. The number of piperidine rings is 1. The van der Waals surface area contributed by atoms with Crippen LogP contribution in [0.5, 0.6) is 11.5 Å². The molecule has 0 saturated carbocycles. The first kappa shape index (κ1) is 16.9. The van der Waals surface area contributed by atoms with Crippen molar-refractivity contribution in [2.45, 2.75) is 38.3 Å². The maximum absolute atomic E-state index is 12.4. The SMILES string of the molecule is CC1NCCCC1NC(=O)c1ccc2c(c1)OCCCO2.Cl. The van der Waals surface area contributed by atoms with Crippen LogP contribution in [-0.4, -0.2) is 37.7 Å². The Labute approximate surface area is 137 Å². The number of benzene rings is 1. The van der Waals surface area contributed by atoms with Crippen molar-refractivity contribution in [1.29, 1.82) is 0 Å². The van der Waals surface area contributed by atoms with E-state index in [2.05, 4.69) is 17.6 Å². The van der Waals surface area contributed by atoms with Gasteiger partial charge >= 0.3 is 0 Å². The zero-order chi connectivity index (χ0) is 14.7. The van der Waals surface area contributed by atoms with E-state index in [0.717, 1.165) is 31.6 Å². The molecule has 1 aromatic carbocycles. The van der Waals surface area contributed by atoms with Crippen molar-refractivity contribution in [3.8, 4) is 11.5 Å². The Hall–Kier alpha value is -1.46. The molecule has 0 radical (unpaired) electrons. The zero-order valence-corrected chi connectivity index (χ0v) is 13.6. The molecule has 0 bridgehead atoms. The highest BCUT2D eigenvalue weighted by atomic mass is 35.5. The van der Waals surface area contributed by atoms with Gasteiger partial charge in [0.1, 0.15) is 0 Å². The first-order valence-corrected chi connectivity index (χ1v) is 7.68. The Kier molecular flexibility index (Phi) is 5.91. The smallest absolute Gasteiger partial charge is 0.251 e. The molecular weight excluding hydrogens is 304 g/mol. The molecule has 22 heavy (non-hydrogen) atoms. The maximum Gasteiger partial charge on any atom is 0.251 e. The molecule has 1 fully saturated rings. The van der Waals surface area contributed by atoms with Crippen molar-refractivity contribution in [3.63, 3.8) is 0 Å². The number of ether oxygens (including phenoxy) is 2. The molecule has 2 N–H and O–H groups in total. The van der Waals surface area contributed by atoms with Crippen LogP contribution in [0.25, 0.3) is 0 Å². The van der Waals surface area contributed by atoms with Crippen molar-refractivity contribution in [3.05, 3.63) is 23.8 Å². The van der Waals surface area contributed by atoms with Gasteiger partial charge in [-0.2, -0.15) is 0 Å². The molecule has 3 rings (SSSR count). The van der Waals surface area contributed by atoms with Crippen LogP contribution in [-0.2, 0) is 0 Å². The molecule has 2 aliphatic rings. The molecule has 0 aliphatic carbocycles. The van der Waals surface area contributed by atoms with Crippen LogP contribution in [0.4, 0.5) is 0 Å². The van der Waals surface area contributed by atoms with E-state index in [1.165, 1.54) is 0 Å². The summed E-state index contributed by atoms with van der Waals surface area (Å²) in [5, 5.41) is 6.50. The number of fused-ring (bicyclic) bond motifs is 1. The highest BCUT2D eigenvalue weighted by molar-refractivity contribution is 5.95. The Balaban J connectivity index is 0.00000176. The van der Waals surface area contributed by atoms with Crippen LogP contribution in [0.2, 0.25) is 0 Å². The van der Waals surface area contributed by atoms with Gasteiger partial charge < -0.3 is 20.1 Å². The van der Waals surface area contributed by atoms with E-state index in [0.29, 0.717) is 30.6 Å². The first-order chi connectivity index (χ1) is 10.2. The van der Waals surface area contributed by atoms with Crippen molar-refractivity contribution in [2.75, 3.05) is 19.8 Å². The third kappa shape index (κ3) is 3.84. The number of rotatable bonds is 2. The van der Waals surface area contributed by atoms with Gasteiger partial charge in [-0.05, 0) is 44.5 Å². The van der Waals surface area contributed by atoms with Crippen LogP contribution in [0, 0.1) is 0 Å². The summed E-state index contributed by atoms with van der Waals surface area (Å²) in [6.45, 7) is 4.42. The molecular formula is C16H23ClN2O3. The van der Waals surface area contributed by atoms with Gasteiger partial charge in [0, 0.05) is 24.1 Å². The number of halogens is 1. The summed E-state index contributed by atoms with van der Waals surface area (Å²) >= 11 is 0. The maximum atomic E-state index is 12.4. The molecule has 0 spiro atoms. The number of hydrogen-bond donors (Lipinski definition) is 2. The molecule has 6 heteroatoms. The summed E-state index contributed by atoms with van der Waals surface area (Å²) < 4.78 is 11.2. The quantitative estimate of drug-likeness (QED) is 0.874. The Morgan fingerprint density at radius 2 is 2.00 bits per heavy atom. The summed E-state index contributed by atoms with van der Waals surface area (Å²) in [5.41, 5.74) is 0.622. The van der Waals surface area contributed by atoms with Crippen LogP contribution in [0.15, 0.2) is 18.2 Å². The van der Waals surface area contributed by atoms with E-state index >= 15 is 0 Å². The van der Waals surface area contributed by atoms with E-state index < -0.39 is 0 Å². The standard InChI is InChI=1S/C16H22N2O3.ClH/c1-11-13(4-2-7-17-11)18-16(19)12-5-6-14-15(10-12)21-9-3-8-20-14;/h5-6,10-11,13,17H,2-4,7-9H2,1H3,(H,18,19);1H. The lowest BCUT2D eigenvalue weighted by molar-refractivity contribution is 0.0919. The van der Waals surface area contributed by atoms with Crippen LogP contribution in [0.1, 0.15) is 36.5 Å². The van der Waals surface area contributed by atoms with Gasteiger partial charge in [-0.1, -0.05) is 0 Å². The Bertz CT molecular complexity index is 524. The summed E-state index contributed by atoms with van der Waals surface area (Å²) in [4.78, 5) is 12.4. The lowest BCUT2D eigenvalue weighted by Gasteiger charge is -2.30. The lowest BCUT2D eigenvalue weighted by Crippen LogP contribution is -2.51. The molecule has 2 unspecified atom stereocenters. The van der Waals surface area contributed by atoms with Crippen molar-refractivity contribution in [2.24, 2.45) is 0 Å². The third-order valence-electron chi connectivity index (χ3n) is 4.09. The van der Waals surface area contributed by atoms with Crippen LogP contribution in [0.3, 0.4) is 0 Å². The fourth-order valence-corrected chi connectivity index (χ4v) is 2.80. The second kappa shape index (κ2) is 7.70. The van der Waals surface area contributed by atoms with E-state index in [1.54, 1.807) is 12.1 Å². The van der Waals surface area contributed by atoms with E-state index in [9.17, 15) is 4.79 Å². The number of hydrogen-bond acceptors (Lipinski definition) is 4. The number of amides is 1. The van der Waals surface area contributed by atoms with Gasteiger partial charge in [0.2, 0.25) is 0 Å². The minimum Gasteiger partial charge on any atom is -0.490 e. The van der Waals surface area contributed by atoms with Gasteiger partial charge in [0.15, 0.2) is 11.5 Å². The number of nitrogens with one attached hydrogen (secondary N) is 2. The largest absolute Gasteiger partial charge is 0.490 e. The van der Waals surface area contributed by atoms with Crippen molar-refractivity contribution in [1.82, 2.24) is 10.6 Å². The fraction of sp³-hybridized carbons (Fsp3) is 0.562. The predicted molar refractivity (Wildman–Crippen MR) is 87.2 cm³/mol. The molecule has 1 amide bonds. The van der Waals surface area contributed by atoms with Crippen LogP contribution < -0.4 is 20.1 Å². The Morgan fingerprint density at radius 1 is 1.23 bits per heavy atom. The van der Waals surface area contributed by atoms with Crippen LogP contribution >= 0.6 is 12.4 Å². The molecule has 5 nitrogen and oxygen atoms in total. The van der Waals surface area contributed by atoms with Gasteiger partial charge in [0.25, 0.3) is 5.91 Å². The second-order valence-electron chi connectivity index (χ2n) is 5.68. The summed E-state index contributed by atoms with van der Waals surface area (Å²) in [6, 6.07) is 5.88. The normalized spacial score (nSPS) is 23.9. The molecule has 122 valence electrons. The van der Waals surface area contributed by atoms with Gasteiger partial charge in [-0.3, -0.25) is 4.79 Å². The number of carbonyl (C=O) groups excluding carboxylic acids is 1. The van der Waals surface area contributed by atoms with E-state index in [-0.39, 0.29) is 24.4 Å². The molecule has 1 aromatic rings. The first-order valence-electron chi connectivity index (χ1n) is 7.68. The third-order valence-corrected chi connectivity index (χ3v) is 4.09. The van der Waals surface area contributed by atoms with E-state index in [1.807, 2.05) is 6.07 Å². The average molecular weight is 327 g/mol. The minimum atomic E-state index is -0.0498. The lowest BCUT2D eigenvalue weighted by atomic mass is 9.99. The molecule has 2 atom stereocenters. The monoisotopic (exact) mass is 326 g/mol. The summed E-state index contributed by atoms with van der Waals surface area (Å²) in [6.07, 6.45) is 2.97. The molecule has 1 saturated heterocycles. The zero-order valence-electron chi connectivity index (χ0n) is 12.8. The average Bonchev–Trinajstić information content (AvgIpc) is 2.74. The second-order valence-corrected chi connectivity index (χ2v) is 5.68. The summed E-state index contributed by atoms with van der Waals surface area (Å²) in [5.74, 6) is 1.33. The number of carbonyl (C=O) groups is 1. The van der Waals surface area contributed by atoms with Gasteiger partial charge in [0.05, 0.1) is 13.2 Å². The molecule has 2 heterocycles. The van der Waals surface area contributed by atoms with Crippen molar-refractivity contribution < 1.29 is 14.3 Å². The summed E-state index contributed by atoms with van der Waals surface area (Å²) in [7, 11) is 0. The van der Waals surface area contributed by atoms with Crippen molar-refractivity contribution >= 4 is 18.3 Å². The van der Waals surface area contributed by atoms with Gasteiger partial charge in [-0.25, -0.2) is 0 Å². The Morgan fingerprint density at radius 3 is 2.77 bits per heavy atom. The topological polar surface area (TPSA) is 59.6 Å². The predicted octanol–water partition coefficient (Wildman–Crippen LogP) is 2.14. The highest BCUT2D eigenvalue weighted by Gasteiger charge is 2.23. The van der Waals surface area contributed by atoms with E-state index in [4.69, 9.17) is 9.47 Å². The molecule has 2 aliphatic heterocycles. The highest BCUT2D eigenvalue weighted by Crippen LogP contribution is 2.30.